The summed E-state index contributed by atoms with van der Waals surface area (Å²) in [6.45, 7) is 3.75. The first-order valence-electron chi connectivity index (χ1n) is 8.48. The quantitative estimate of drug-likeness (QED) is 0.611. The third-order valence-corrected chi connectivity index (χ3v) is 8.44. The molecule has 0 saturated heterocycles. The fourth-order valence-electron chi connectivity index (χ4n) is 3.26. The Labute approximate surface area is 168 Å². The highest BCUT2D eigenvalue weighted by atomic mass is 35.7. The summed E-state index contributed by atoms with van der Waals surface area (Å²) in [5, 5.41) is 0. The molecule has 0 heterocycles. The first-order valence-corrected chi connectivity index (χ1v) is 11.3. The number of benzene rings is 3. The molecule has 0 amide bonds. The highest BCUT2D eigenvalue weighted by molar-refractivity contribution is 8.29. The predicted molar refractivity (Wildman–Crippen MR) is 98.8 cm³/mol. The summed E-state index contributed by atoms with van der Waals surface area (Å²) in [4.78, 5) is 1.82. The first kappa shape index (κ1) is 20.7. The number of aryl methyl sites for hydroxylation is 2. The normalized spacial score (nSPS) is 12.6. The highest BCUT2D eigenvalue weighted by Crippen LogP contribution is 2.70. The third kappa shape index (κ3) is 4.03. The van der Waals surface area contributed by atoms with Gasteiger partial charge in [-0.15, -0.1) is 0 Å². The molecule has 0 bridgehead atoms. The van der Waals surface area contributed by atoms with Crippen LogP contribution in [0.5, 0.6) is 5.75 Å². The lowest BCUT2D eigenvalue weighted by Crippen LogP contribution is -2.61. The van der Waals surface area contributed by atoms with E-state index >= 15 is 0 Å². The van der Waals surface area contributed by atoms with Crippen LogP contribution in [0.1, 0.15) is 11.1 Å². The molecule has 0 spiro atoms. The first-order chi connectivity index (χ1) is 13.3. The fraction of sp³-hybridized carbons (Fsp3) is 0.143. The van der Waals surface area contributed by atoms with E-state index in [0.29, 0.717) is 20.4 Å². The molecule has 0 fully saturated rings. The van der Waals surface area contributed by atoms with E-state index in [1.165, 1.54) is 0 Å². The van der Waals surface area contributed by atoms with Crippen LogP contribution in [-0.4, -0.2) is 7.11 Å². The summed E-state index contributed by atoms with van der Waals surface area (Å²) in [5.41, 5.74) is 1.65. The maximum Gasteiger partial charge on any atom is 0.134 e. The minimum atomic E-state index is -4.70. The molecule has 0 aliphatic rings. The molecule has 0 aliphatic heterocycles. The van der Waals surface area contributed by atoms with E-state index in [9.17, 15) is 14.0 Å². The average molecular weight is 421 g/mol. The summed E-state index contributed by atoms with van der Waals surface area (Å²) in [7, 11) is -5.94. The van der Waals surface area contributed by atoms with Crippen LogP contribution in [0.3, 0.4) is 0 Å². The van der Waals surface area contributed by atoms with Gasteiger partial charge in [-0.1, -0.05) is 36.4 Å². The lowest BCUT2D eigenvalue weighted by atomic mass is 10.1. The van der Waals surface area contributed by atoms with Crippen molar-refractivity contribution in [3.05, 3.63) is 83.9 Å². The molecule has 0 aliphatic carbocycles. The minimum absolute atomic E-state index is 0.604. The number of hydrogen-bond acceptors (Lipinski definition) is 5. The Kier molecular flexibility index (Phi) is 6.00. The number of halogens is 1. The van der Waals surface area contributed by atoms with Gasteiger partial charge >= 0.3 is 0 Å². The third-order valence-electron chi connectivity index (χ3n) is 4.29. The molecule has 148 valence electrons. The molecule has 3 aromatic carbocycles. The second kappa shape index (κ2) is 8.13. The molecule has 0 radical (unpaired) electrons. The molecular weight excluding hydrogens is 400 g/mol. The van der Waals surface area contributed by atoms with Crippen molar-refractivity contribution < 1.29 is 32.7 Å². The van der Waals surface area contributed by atoms with Gasteiger partial charge in [-0.25, -0.2) is 0 Å². The fourth-order valence-corrected chi connectivity index (χ4v) is 7.64. The molecule has 0 atom stereocenters. The smallest absolute Gasteiger partial charge is 0.134 e. The van der Waals surface area contributed by atoms with Gasteiger partial charge in [0.1, 0.15) is 9.49 Å². The molecule has 3 aromatic rings. The zero-order chi connectivity index (χ0) is 20.4. The van der Waals surface area contributed by atoms with Crippen LogP contribution in [0.4, 0.5) is 0 Å². The van der Waals surface area contributed by atoms with Crippen LogP contribution in [0.25, 0.3) is 0 Å². The van der Waals surface area contributed by atoms with Gasteiger partial charge in [-0.2, -0.15) is 14.0 Å². The molecule has 7 heteroatoms. The van der Waals surface area contributed by atoms with Crippen molar-refractivity contribution in [2.75, 3.05) is 7.11 Å². The molecule has 5 nitrogen and oxygen atoms in total. The van der Waals surface area contributed by atoms with E-state index in [-0.39, 0.29) is 0 Å². The maximum absolute atomic E-state index is 11.9. The molecular formula is C21H21ClO5S. The van der Waals surface area contributed by atoms with E-state index in [4.69, 9.17) is 8.47 Å². The van der Waals surface area contributed by atoms with Crippen molar-refractivity contribution in [1.29, 1.82) is 0 Å². The van der Waals surface area contributed by atoms with E-state index in [2.05, 4.69) is 0 Å². The summed E-state index contributed by atoms with van der Waals surface area (Å²) >= 11 is 0. The highest BCUT2D eigenvalue weighted by Gasteiger charge is 2.46. The minimum Gasteiger partial charge on any atom is -0.496 e. The Bertz CT molecular complexity index is 880. The van der Waals surface area contributed by atoms with Crippen LogP contribution < -0.4 is 18.7 Å². The van der Waals surface area contributed by atoms with Gasteiger partial charge < -0.3 is 4.74 Å². The van der Waals surface area contributed by atoms with Gasteiger partial charge in [0.2, 0.25) is 0 Å². The average Bonchev–Trinajstić information content (AvgIpc) is 2.66. The molecule has 0 N–H and O–H groups in total. The number of methoxy groups -OCH3 is 1. The summed E-state index contributed by atoms with van der Waals surface area (Å²) in [5.74, 6) is 0.709. The van der Waals surface area contributed by atoms with Crippen LogP contribution >= 0.6 is 10.3 Å². The zero-order valence-electron chi connectivity index (χ0n) is 15.8. The van der Waals surface area contributed by atoms with Crippen LogP contribution in [-0.2, 0) is 3.74 Å². The van der Waals surface area contributed by atoms with Crippen molar-refractivity contribution in [2.45, 2.75) is 28.5 Å². The molecule has 3 rings (SSSR count). The Hall–Kier alpha value is -2.06. The van der Waals surface area contributed by atoms with Crippen molar-refractivity contribution in [3.8, 4) is 5.75 Å². The van der Waals surface area contributed by atoms with Crippen molar-refractivity contribution in [3.63, 3.8) is 0 Å². The van der Waals surface area contributed by atoms with Gasteiger partial charge in [0.15, 0.2) is 0 Å². The van der Waals surface area contributed by atoms with Crippen LogP contribution in [0.2, 0.25) is 0 Å². The van der Waals surface area contributed by atoms with Gasteiger partial charge in [0, 0.05) is 14.7 Å². The Morgan fingerprint density at radius 2 is 1.14 bits per heavy atom. The molecule has 0 unspecified atom stereocenters. The monoisotopic (exact) mass is 420 g/mol. The Balaban J connectivity index is 2.39. The van der Waals surface area contributed by atoms with Gasteiger partial charge in [-0.3, -0.25) is 0 Å². The van der Waals surface area contributed by atoms with Gasteiger partial charge in [0.25, 0.3) is 0 Å². The van der Waals surface area contributed by atoms with Crippen molar-refractivity contribution in [1.82, 2.24) is 0 Å². The van der Waals surface area contributed by atoms with Crippen LogP contribution in [0.15, 0.2) is 87.5 Å². The summed E-state index contributed by atoms with van der Waals surface area (Å²) in [6.07, 6.45) is 0. The lowest BCUT2D eigenvalue weighted by Gasteiger charge is -2.35. The van der Waals surface area contributed by atoms with E-state index in [0.717, 1.165) is 11.1 Å². The van der Waals surface area contributed by atoms with Crippen molar-refractivity contribution in [2.24, 2.45) is 0 Å². The van der Waals surface area contributed by atoms with Crippen LogP contribution in [0, 0.1) is 24.1 Å². The zero-order valence-corrected chi connectivity index (χ0v) is 17.3. The topological polar surface area (TPSA) is 87.6 Å². The Morgan fingerprint density at radius 3 is 1.50 bits per heavy atom. The largest absolute Gasteiger partial charge is 0.496 e. The van der Waals surface area contributed by atoms with E-state index < -0.39 is 20.6 Å². The summed E-state index contributed by atoms with van der Waals surface area (Å²) in [6, 6.07) is 21.6. The van der Waals surface area contributed by atoms with Gasteiger partial charge in [-0.05, 0) is 61.4 Å². The standard InChI is InChI=1S/C21H21ClO5S/c1-16-14-20(15-17(2)21(16)26-3)28(27-22(23,24)25,18-10-6-4-7-11-18)19-12-8-5-9-13-19/h4-15H,1-3H3. The SMILES string of the molecule is COc1c(C)cc(S(O[Cl+3]([O-])([O-])[O-])(c2ccccc2)c2ccccc2)cc1C. The molecule has 0 saturated carbocycles. The second-order valence-electron chi connectivity index (χ2n) is 6.21. The number of rotatable bonds is 6. The number of ether oxygens (including phenoxy) is 1. The number of hydrogen-bond donors (Lipinski definition) is 0. The van der Waals surface area contributed by atoms with E-state index in [1.54, 1.807) is 55.6 Å². The molecule has 0 aromatic heterocycles. The Morgan fingerprint density at radius 1 is 0.714 bits per heavy atom. The second-order valence-corrected chi connectivity index (χ2v) is 10.0. The lowest BCUT2D eigenvalue weighted by molar-refractivity contribution is -1.91. The predicted octanol–water partition coefficient (Wildman–Crippen LogP) is 2.42. The van der Waals surface area contributed by atoms with Crippen molar-refractivity contribution >= 4 is 10.3 Å². The molecule has 28 heavy (non-hydrogen) atoms. The summed E-state index contributed by atoms with van der Waals surface area (Å²) < 4.78 is 46.4. The van der Waals surface area contributed by atoms with E-state index in [1.807, 2.05) is 38.1 Å². The maximum atomic E-state index is 11.9. The van der Waals surface area contributed by atoms with Gasteiger partial charge in [0.05, 0.1) is 27.7 Å².